The molecule has 6 nitrogen and oxygen atoms in total. The standard InChI is InChI=1S/C15H21N3O3/c16-11-3-1-10(2-4-11)15(21)17-9-14(20)18-12-5-7-13(19)8-6-12/h1-4,12-13,19H,5-9,16H2,(H,17,21)(H,18,20). The third-order valence-corrected chi connectivity index (χ3v) is 3.64. The molecule has 0 saturated heterocycles. The number of carbonyl (C=O) groups excluding carboxylic acids is 2. The van der Waals surface area contributed by atoms with Gasteiger partial charge in [0, 0.05) is 17.3 Å². The molecule has 1 saturated carbocycles. The SMILES string of the molecule is Nc1ccc(C(=O)NCC(=O)NC2CCC(O)CC2)cc1. The van der Waals surface area contributed by atoms with E-state index in [-0.39, 0.29) is 30.5 Å². The number of nitrogens with one attached hydrogen (secondary N) is 2. The maximum Gasteiger partial charge on any atom is 0.251 e. The summed E-state index contributed by atoms with van der Waals surface area (Å²) < 4.78 is 0. The molecule has 0 unspecified atom stereocenters. The molecule has 2 rings (SSSR count). The van der Waals surface area contributed by atoms with Gasteiger partial charge in [-0.05, 0) is 49.9 Å². The van der Waals surface area contributed by atoms with Crippen molar-refractivity contribution < 1.29 is 14.7 Å². The summed E-state index contributed by atoms with van der Waals surface area (Å²) in [7, 11) is 0. The molecule has 0 atom stereocenters. The summed E-state index contributed by atoms with van der Waals surface area (Å²) in [6.07, 6.45) is 2.73. The van der Waals surface area contributed by atoms with Gasteiger partial charge in [-0.1, -0.05) is 0 Å². The maximum absolute atomic E-state index is 11.8. The molecule has 0 radical (unpaired) electrons. The summed E-state index contributed by atoms with van der Waals surface area (Å²) in [5.41, 5.74) is 6.61. The molecule has 1 aromatic carbocycles. The minimum atomic E-state index is -0.302. The van der Waals surface area contributed by atoms with Crippen LogP contribution in [0.2, 0.25) is 0 Å². The molecule has 1 aromatic rings. The van der Waals surface area contributed by atoms with Crippen molar-refractivity contribution in [3.05, 3.63) is 29.8 Å². The lowest BCUT2D eigenvalue weighted by atomic mass is 9.93. The molecule has 0 heterocycles. The molecule has 1 aliphatic carbocycles. The predicted octanol–water partition coefficient (Wildman–Crippen LogP) is 0.418. The van der Waals surface area contributed by atoms with Crippen LogP contribution in [0.25, 0.3) is 0 Å². The molecule has 0 bridgehead atoms. The molecular formula is C15H21N3O3. The fourth-order valence-corrected chi connectivity index (χ4v) is 2.40. The first-order valence-corrected chi connectivity index (χ1v) is 7.16. The van der Waals surface area contributed by atoms with Crippen molar-refractivity contribution in [3.63, 3.8) is 0 Å². The van der Waals surface area contributed by atoms with E-state index in [2.05, 4.69) is 10.6 Å². The monoisotopic (exact) mass is 291 g/mol. The maximum atomic E-state index is 11.8. The summed E-state index contributed by atoms with van der Waals surface area (Å²) in [5.74, 6) is -0.510. The van der Waals surface area contributed by atoms with Crippen LogP contribution in [-0.2, 0) is 4.79 Å². The molecular weight excluding hydrogens is 270 g/mol. The summed E-state index contributed by atoms with van der Waals surface area (Å²) in [6.45, 7) is -0.0533. The highest BCUT2D eigenvalue weighted by Crippen LogP contribution is 2.18. The van der Waals surface area contributed by atoms with E-state index in [9.17, 15) is 14.7 Å². The number of aliphatic hydroxyl groups excluding tert-OH is 1. The van der Waals surface area contributed by atoms with E-state index in [0.717, 1.165) is 12.8 Å². The van der Waals surface area contributed by atoms with Gasteiger partial charge in [-0.25, -0.2) is 0 Å². The number of nitrogen functional groups attached to an aromatic ring is 1. The molecule has 114 valence electrons. The van der Waals surface area contributed by atoms with Gasteiger partial charge in [0.15, 0.2) is 0 Å². The fourth-order valence-electron chi connectivity index (χ4n) is 2.40. The number of hydrogen-bond acceptors (Lipinski definition) is 4. The minimum Gasteiger partial charge on any atom is -0.399 e. The van der Waals surface area contributed by atoms with Gasteiger partial charge in [0.1, 0.15) is 0 Å². The largest absolute Gasteiger partial charge is 0.399 e. The number of amides is 2. The van der Waals surface area contributed by atoms with Crippen molar-refractivity contribution in [2.45, 2.75) is 37.8 Å². The molecule has 6 heteroatoms. The van der Waals surface area contributed by atoms with Crippen LogP contribution in [0.1, 0.15) is 36.0 Å². The highest BCUT2D eigenvalue weighted by atomic mass is 16.3. The van der Waals surface area contributed by atoms with Gasteiger partial charge in [0.05, 0.1) is 12.6 Å². The second kappa shape index (κ2) is 7.08. The molecule has 0 aliphatic heterocycles. The first kappa shape index (κ1) is 15.3. The second-order valence-electron chi connectivity index (χ2n) is 5.38. The Hall–Kier alpha value is -2.08. The molecule has 2 amide bonds. The Bertz CT molecular complexity index is 493. The lowest BCUT2D eigenvalue weighted by molar-refractivity contribution is -0.121. The van der Waals surface area contributed by atoms with Crippen LogP contribution in [0.4, 0.5) is 5.69 Å². The van der Waals surface area contributed by atoms with E-state index < -0.39 is 0 Å². The Labute approximate surface area is 123 Å². The van der Waals surface area contributed by atoms with E-state index >= 15 is 0 Å². The Morgan fingerprint density at radius 3 is 2.38 bits per heavy atom. The first-order valence-electron chi connectivity index (χ1n) is 7.16. The van der Waals surface area contributed by atoms with Gasteiger partial charge in [-0.2, -0.15) is 0 Å². The third kappa shape index (κ3) is 4.75. The van der Waals surface area contributed by atoms with E-state index in [1.165, 1.54) is 0 Å². The molecule has 1 aliphatic rings. The average Bonchev–Trinajstić information content (AvgIpc) is 2.48. The van der Waals surface area contributed by atoms with Crippen LogP contribution in [0.5, 0.6) is 0 Å². The fraction of sp³-hybridized carbons (Fsp3) is 0.467. The minimum absolute atomic E-state index is 0.0533. The van der Waals surface area contributed by atoms with Gasteiger partial charge in [-0.15, -0.1) is 0 Å². The zero-order chi connectivity index (χ0) is 15.2. The van der Waals surface area contributed by atoms with Crippen LogP contribution in [0.15, 0.2) is 24.3 Å². The third-order valence-electron chi connectivity index (χ3n) is 3.64. The van der Waals surface area contributed by atoms with Crippen LogP contribution < -0.4 is 16.4 Å². The Balaban J connectivity index is 1.73. The van der Waals surface area contributed by atoms with Crippen molar-refractivity contribution in [1.82, 2.24) is 10.6 Å². The summed E-state index contributed by atoms with van der Waals surface area (Å²) >= 11 is 0. The number of nitrogens with two attached hydrogens (primary N) is 1. The number of rotatable bonds is 4. The van der Waals surface area contributed by atoms with E-state index in [4.69, 9.17) is 5.73 Å². The van der Waals surface area contributed by atoms with Crippen LogP contribution in [0, 0.1) is 0 Å². The zero-order valence-corrected chi connectivity index (χ0v) is 11.8. The number of hydrogen-bond donors (Lipinski definition) is 4. The molecule has 0 aromatic heterocycles. The zero-order valence-electron chi connectivity index (χ0n) is 11.8. The molecule has 21 heavy (non-hydrogen) atoms. The van der Waals surface area contributed by atoms with Gasteiger partial charge < -0.3 is 21.5 Å². The normalized spacial score (nSPS) is 21.6. The number of carbonyl (C=O) groups is 2. The van der Waals surface area contributed by atoms with Crippen molar-refractivity contribution in [2.75, 3.05) is 12.3 Å². The van der Waals surface area contributed by atoms with Gasteiger partial charge >= 0.3 is 0 Å². The number of benzene rings is 1. The first-order chi connectivity index (χ1) is 10.0. The van der Waals surface area contributed by atoms with Crippen molar-refractivity contribution >= 4 is 17.5 Å². The molecule has 1 fully saturated rings. The second-order valence-corrected chi connectivity index (χ2v) is 5.38. The van der Waals surface area contributed by atoms with Crippen LogP contribution >= 0.6 is 0 Å². The van der Waals surface area contributed by atoms with Crippen molar-refractivity contribution in [1.29, 1.82) is 0 Å². The lowest BCUT2D eigenvalue weighted by Gasteiger charge is -2.26. The Morgan fingerprint density at radius 1 is 1.14 bits per heavy atom. The topological polar surface area (TPSA) is 104 Å². The molecule has 5 N–H and O–H groups in total. The number of aliphatic hydroxyl groups is 1. The Kier molecular flexibility index (Phi) is 5.16. The average molecular weight is 291 g/mol. The predicted molar refractivity (Wildman–Crippen MR) is 79.6 cm³/mol. The highest BCUT2D eigenvalue weighted by Gasteiger charge is 2.20. The lowest BCUT2D eigenvalue weighted by Crippen LogP contribution is -2.43. The van der Waals surface area contributed by atoms with E-state index in [1.807, 2.05) is 0 Å². The van der Waals surface area contributed by atoms with Gasteiger partial charge in [-0.3, -0.25) is 9.59 Å². The van der Waals surface area contributed by atoms with Crippen LogP contribution in [-0.4, -0.2) is 35.6 Å². The van der Waals surface area contributed by atoms with E-state index in [0.29, 0.717) is 24.1 Å². The summed E-state index contributed by atoms with van der Waals surface area (Å²) in [6, 6.07) is 6.61. The van der Waals surface area contributed by atoms with Gasteiger partial charge in [0.2, 0.25) is 5.91 Å². The van der Waals surface area contributed by atoms with Crippen molar-refractivity contribution in [3.8, 4) is 0 Å². The number of anilines is 1. The van der Waals surface area contributed by atoms with E-state index in [1.54, 1.807) is 24.3 Å². The van der Waals surface area contributed by atoms with Crippen LogP contribution in [0.3, 0.4) is 0 Å². The summed E-state index contributed by atoms with van der Waals surface area (Å²) in [5, 5.41) is 14.9. The Morgan fingerprint density at radius 2 is 1.76 bits per heavy atom. The smallest absolute Gasteiger partial charge is 0.251 e. The quantitative estimate of drug-likeness (QED) is 0.603. The van der Waals surface area contributed by atoms with Crippen molar-refractivity contribution in [2.24, 2.45) is 0 Å². The highest BCUT2D eigenvalue weighted by molar-refractivity contribution is 5.96. The van der Waals surface area contributed by atoms with Gasteiger partial charge in [0.25, 0.3) is 5.91 Å². The molecule has 0 spiro atoms. The summed E-state index contributed by atoms with van der Waals surface area (Å²) in [4.78, 5) is 23.6.